The van der Waals surface area contributed by atoms with Crippen molar-refractivity contribution in [1.29, 1.82) is 0 Å². The molecule has 1 atom stereocenters. The van der Waals surface area contributed by atoms with Gasteiger partial charge in [0.2, 0.25) is 0 Å². The smallest absolute Gasteiger partial charge is 0.0253 e. The van der Waals surface area contributed by atoms with E-state index in [-0.39, 0.29) is 5.54 Å². The van der Waals surface area contributed by atoms with Crippen LogP contribution in [0.5, 0.6) is 0 Å². The molecule has 0 amide bonds. The van der Waals surface area contributed by atoms with Gasteiger partial charge in [0, 0.05) is 30.7 Å². The van der Waals surface area contributed by atoms with Gasteiger partial charge in [-0.15, -0.1) is 0 Å². The Hall–Kier alpha value is -0.0800. The first-order valence-electron chi connectivity index (χ1n) is 5.97. The van der Waals surface area contributed by atoms with E-state index in [2.05, 4.69) is 44.8 Å². The Kier molecular flexibility index (Phi) is 3.96. The van der Waals surface area contributed by atoms with Gasteiger partial charge in [-0.05, 0) is 34.1 Å². The molecule has 0 bridgehead atoms. The molecule has 2 nitrogen and oxygen atoms in total. The van der Waals surface area contributed by atoms with E-state index in [4.69, 9.17) is 0 Å². The fraction of sp³-hybridized carbons (Fsp3) is 1.00. The van der Waals surface area contributed by atoms with Crippen LogP contribution in [0.25, 0.3) is 0 Å². The average molecular weight is 198 g/mol. The summed E-state index contributed by atoms with van der Waals surface area (Å²) in [7, 11) is 0. The number of piperazine rings is 1. The SMILES string of the molecule is CCCC1CNC(C)(C)CN1C(C)C. The topological polar surface area (TPSA) is 15.3 Å². The lowest BCUT2D eigenvalue weighted by Crippen LogP contribution is -2.63. The molecule has 1 heterocycles. The molecule has 0 aromatic carbocycles. The number of nitrogens with zero attached hydrogens (tertiary/aromatic N) is 1. The van der Waals surface area contributed by atoms with Crippen molar-refractivity contribution in [2.75, 3.05) is 13.1 Å². The first-order valence-corrected chi connectivity index (χ1v) is 5.97. The van der Waals surface area contributed by atoms with E-state index in [1.54, 1.807) is 0 Å². The van der Waals surface area contributed by atoms with Gasteiger partial charge in [-0.1, -0.05) is 13.3 Å². The van der Waals surface area contributed by atoms with Crippen LogP contribution in [0, 0.1) is 0 Å². The first-order chi connectivity index (χ1) is 6.46. The van der Waals surface area contributed by atoms with E-state index < -0.39 is 0 Å². The number of rotatable bonds is 3. The number of hydrogen-bond donors (Lipinski definition) is 1. The van der Waals surface area contributed by atoms with Crippen LogP contribution in [0.4, 0.5) is 0 Å². The summed E-state index contributed by atoms with van der Waals surface area (Å²) >= 11 is 0. The zero-order valence-electron chi connectivity index (χ0n) is 10.4. The van der Waals surface area contributed by atoms with Gasteiger partial charge in [0.15, 0.2) is 0 Å². The monoisotopic (exact) mass is 198 g/mol. The van der Waals surface area contributed by atoms with E-state index in [1.165, 1.54) is 19.4 Å². The highest BCUT2D eigenvalue weighted by molar-refractivity contribution is 4.93. The van der Waals surface area contributed by atoms with Crippen molar-refractivity contribution < 1.29 is 0 Å². The van der Waals surface area contributed by atoms with Crippen molar-refractivity contribution in [3.63, 3.8) is 0 Å². The normalized spacial score (nSPS) is 28.3. The molecule has 14 heavy (non-hydrogen) atoms. The number of hydrogen-bond acceptors (Lipinski definition) is 2. The lowest BCUT2D eigenvalue weighted by molar-refractivity contribution is 0.0622. The average Bonchev–Trinajstić information content (AvgIpc) is 2.08. The van der Waals surface area contributed by atoms with E-state index >= 15 is 0 Å². The molecule has 1 saturated heterocycles. The molecule has 0 aliphatic carbocycles. The zero-order valence-corrected chi connectivity index (χ0v) is 10.4. The Morgan fingerprint density at radius 1 is 1.43 bits per heavy atom. The summed E-state index contributed by atoms with van der Waals surface area (Å²) < 4.78 is 0. The molecule has 1 aliphatic heterocycles. The highest BCUT2D eigenvalue weighted by Crippen LogP contribution is 2.20. The maximum Gasteiger partial charge on any atom is 0.0253 e. The van der Waals surface area contributed by atoms with Crippen LogP contribution in [-0.2, 0) is 0 Å². The van der Waals surface area contributed by atoms with E-state index in [0.29, 0.717) is 6.04 Å². The van der Waals surface area contributed by atoms with Gasteiger partial charge in [-0.25, -0.2) is 0 Å². The molecule has 0 radical (unpaired) electrons. The van der Waals surface area contributed by atoms with Crippen LogP contribution in [0.1, 0.15) is 47.5 Å². The van der Waals surface area contributed by atoms with E-state index in [9.17, 15) is 0 Å². The molecule has 0 saturated carbocycles. The predicted molar refractivity (Wildman–Crippen MR) is 62.6 cm³/mol. The Morgan fingerprint density at radius 3 is 2.57 bits per heavy atom. The van der Waals surface area contributed by atoms with Crippen LogP contribution >= 0.6 is 0 Å². The van der Waals surface area contributed by atoms with Gasteiger partial charge in [0.1, 0.15) is 0 Å². The van der Waals surface area contributed by atoms with Gasteiger partial charge in [0.05, 0.1) is 0 Å². The highest BCUT2D eigenvalue weighted by Gasteiger charge is 2.32. The molecule has 1 fully saturated rings. The minimum atomic E-state index is 0.286. The largest absolute Gasteiger partial charge is 0.309 e. The van der Waals surface area contributed by atoms with Crippen molar-refractivity contribution in [2.45, 2.75) is 65.1 Å². The second-order valence-corrected chi connectivity index (χ2v) is 5.47. The van der Waals surface area contributed by atoms with Crippen molar-refractivity contribution in [1.82, 2.24) is 10.2 Å². The Bertz CT molecular complexity index is 175. The molecule has 0 aromatic heterocycles. The quantitative estimate of drug-likeness (QED) is 0.748. The molecular weight excluding hydrogens is 172 g/mol. The molecule has 2 heteroatoms. The van der Waals surface area contributed by atoms with Crippen LogP contribution in [0.15, 0.2) is 0 Å². The fourth-order valence-electron chi connectivity index (χ4n) is 2.36. The summed E-state index contributed by atoms with van der Waals surface area (Å²) in [5.74, 6) is 0. The maximum atomic E-state index is 3.64. The standard InChI is InChI=1S/C12H26N2/c1-6-7-11-8-13-12(4,5)9-14(11)10(2)3/h10-11,13H,6-9H2,1-5H3. The minimum Gasteiger partial charge on any atom is -0.309 e. The van der Waals surface area contributed by atoms with Gasteiger partial charge in [-0.2, -0.15) is 0 Å². The molecule has 0 aromatic rings. The Balaban J connectivity index is 2.61. The van der Waals surface area contributed by atoms with E-state index in [1.807, 2.05) is 0 Å². The summed E-state index contributed by atoms with van der Waals surface area (Å²) in [5, 5.41) is 3.64. The second-order valence-electron chi connectivity index (χ2n) is 5.47. The summed E-state index contributed by atoms with van der Waals surface area (Å²) in [6.45, 7) is 13.8. The fourth-order valence-corrected chi connectivity index (χ4v) is 2.36. The van der Waals surface area contributed by atoms with Crippen LogP contribution in [0.2, 0.25) is 0 Å². The third-order valence-electron chi connectivity index (χ3n) is 3.15. The van der Waals surface area contributed by atoms with Crippen LogP contribution in [0.3, 0.4) is 0 Å². The van der Waals surface area contributed by atoms with Crippen molar-refractivity contribution in [2.24, 2.45) is 0 Å². The lowest BCUT2D eigenvalue weighted by atomic mass is 9.95. The van der Waals surface area contributed by atoms with Crippen molar-refractivity contribution in [3.8, 4) is 0 Å². The predicted octanol–water partition coefficient (Wildman–Crippen LogP) is 2.25. The second kappa shape index (κ2) is 4.63. The van der Waals surface area contributed by atoms with Gasteiger partial charge < -0.3 is 5.32 Å². The van der Waals surface area contributed by atoms with Gasteiger partial charge >= 0.3 is 0 Å². The third kappa shape index (κ3) is 2.96. The zero-order chi connectivity index (χ0) is 10.8. The lowest BCUT2D eigenvalue weighted by Gasteiger charge is -2.46. The highest BCUT2D eigenvalue weighted by atomic mass is 15.3. The van der Waals surface area contributed by atoms with Gasteiger partial charge in [-0.3, -0.25) is 4.90 Å². The van der Waals surface area contributed by atoms with Gasteiger partial charge in [0.25, 0.3) is 0 Å². The molecule has 1 rings (SSSR count). The molecule has 0 spiro atoms. The maximum absolute atomic E-state index is 3.64. The summed E-state index contributed by atoms with van der Waals surface area (Å²) in [6.07, 6.45) is 2.61. The van der Waals surface area contributed by atoms with Crippen LogP contribution < -0.4 is 5.32 Å². The Labute approximate surface area is 89.1 Å². The van der Waals surface area contributed by atoms with E-state index in [0.717, 1.165) is 12.6 Å². The Morgan fingerprint density at radius 2 is 2.07 bits per heavy atom. The molecule has 84 valence electrons. The van der Waals surface area contributed by atoms with Crippen molar-refractivity contribution in [3.05, 3.63) is 0 Å². The molecule has 1 aliphatic rings. The number of nitrogens with one attached hydrogen (secondary N) is 1. The molecule has 1 unspecified atom stereocenters. The summed E-state index contributed by atoms with van der Waals surface area (Å²) in [6, 6.07) is 1.42. The van der Waals surface area contributed by atoms with Crippen LogP contribution in [-0.4, -0.2) is 35.6 Å². The molecular formula is C12H26N2. The first kappa shape index (κ1) is 12.0. The van der Waals surface area contributed by atoms with Crippen molar-refractivity contribution >= 4 is 0 Å². The minimum absolute atomic E-state index is 0.286. The molecule has 1 N–H and O–H groups in total. The summed E-state index contributed by atoms with van der Waals surface area (Å²) in [5.41, 5.74) is 0.286. The third-order valence-corrected chi connectivity index (χ3v) is 3.15. The summed E-state index contributed by atoms with van der Waals surface area (Å²) in [4.78, 5) is 2.65.